The van der Waals surface area contributed by atoms with Crippen LogP contribution < -0.4 is 5.32 Å². The molecule has 0 heterocycles. The van der Waals surface area contributed by atoms with Crippen LogP contribution in [-0.2, 0) is 4.74 Å². The Morgan fingerprint density at radius 3 is 2.86 bits per heavy atom. The first-order valence-corrected chi connectivity index (χ1v) is 5.62. The predicted octanol–water partition coefficient (Wildman–Crippen LogP) is 1.16. The molecule has 84 valence electrons. The Bertz CT molecular complexity index is 152. The summed E-state index contributed by atoms with van der Waals surface area (Å²) in [6.45, 7) is 4.05. The van der Waals surface area contributed by atoms with E-state index in [0.717, 1.165) is 32.4 Å². The second kappa shape index (κ2) is 6.38. The largest absolute Gasteiger partial charge is 0.393 e. The number of ether oxygens (including phenoxy) is 1. The highest BCUT2D eigenvalue weighted by molar-refractivity contribution is 4.77. The highest BCUT2D eigenvalue weighted by Crippen LogP contribution is 2.24. The van der Waals surface area contributed by atoms with Crippen LogP contribution in [0.2, 0.25) is 0 Å². The lowest BCUT2D eigenvalue weighted by Gasteiger charge is -2.16. The molecule has 14 heavy (non-hydrogen) atoms. The molecule has 1 aliphatic carbocycles. The van der Waals surface area contributed by atoms with Crippen LogP contribution in [0.5, 0.6) is 0 Å². The number of hydrogen-bond donors (Lipinski definition) is 2. The van der Waals surface area contributed by atoms with Gasteiger partial charge >= 0.3 is 0 Å². The molecule has 0 aromatic rings. The molecule has 0 aromatic heterocycles. The first-order valence-electron chi connectivity index (χ1n) is 5.62. The quantitative estimate of drug-likeness (QED) is 0.677. The van der Waals surface area contributed by atoms with Crippen LogP contribution in [0, 0.1) is 5.92 Å². The number of nitrogens with one attached hydrogen (secondary N) is 1. The average Bonchev–Trinajstić information content (AvgIpc) is 2.58. The van der Waals surface area contributed by atoms with Gasteiger partial charge in [0.05, 0.1) is 6.10 Å². The van der Waals surface area contributed by atoms with Crippen LogP contribution in [0.4, 0.5) is 0 Å². The van der Waals surface area contributed by atoms with Crippen molar-refractivity contribution in [2.45, 2.75) is 44.8 Å². The first-order chi connectivity index (χ1) is 6.72. The van der Waals surface area contributed by atoms with E-state index < -0.39 is 0 Å². The second-order valence-electron chi connectivity index (χ2n) is 4.42. The smallest absolute Gasteiger partial charge is 0.0543 e. The van der Waals surface area contributed by atoms with E-state index in [1.807, 2.05) is 0 Å². The van der Waals surface area contributed by atoms with Crippen molar-refractivity contribution in [3.05, 3.63) is 0 Å². The Labute approximate surface area is 86.8 Å². The minimum atomic E-state index is -0.0453. The molecule has 0 aromatic carbocycles. The number of methoxy groups -OCH3 is 1. The molecule has 1 saturated carbocycles. The van der Waals surface area contributed by atoms with Crippen molar-refractivity contribution in [3.8, 4) is 0 Å². The van der Waals surface area contributed by atoms with E-state index in [1.165, 1.54) is 6.42 Å². The van der Waals surface area contributed by atoms with E-state index in [9.17, 15) is 5.11 Å². The molecule has 3 atom stereocenters. The Hall–Kier alpha value is -0.120. The molecular formula is C11H23NO2. The summed E-state index contributed by atoms with van der Waals surface area (Å²) in [5.41, 5.74) is 0. The Morgan fingerprint density at radius 2 is 2.29 bits per heavy atom. The molecule has 0 amide bonds. The lowest BCUT2D eigenvalue weighted by atomic mass is 10.1. The maximum atomic E-state index is 9.36. The summed E-state index contributed by atoms with van der Waals surface area (Å²) in [6.07, 6.45) is 4.15. The summed E-state index contributed by atoms with van der Waals surface area (Å²) < 4.78 is 5.02. The number of aliphatic hydroxyl groups is 1. The molecule has 2 N–H and O–H groups in total. The van der Waals surface area contributed by atoms with E-state index in [4.69, 9.17) is 4.74 Å². The van der Waals surface area contributed by atoms with Crippen LogP contribution in [0.1, 0.15) is 32.6 Å². The predicted molar refractivity (Wildman–Crippen MR) is 57.3 cm³/mol. The lowest BCUT2D eigenvalue weighted by molar-refractivity contribution is 0.174. The maximum absolute atomic E-state index is 9.36. The molecule has 3 heteroatoms. The van der Waals surface area contributed by atoms with Crippen molar-refractivity contribution in [2.75, 3.05) is 20.3 Å². The Kier molecular flexibility index (Phi) is 5.45. The first kappa shape index (κ1) is 12.0. The van der Waals surface area contributed by atoms with Crippen LogP contribution in [-0.4, -0.2) is 37.5 Å². The molecule has 1 rings (SSSR count). The van der Waals surface area contributed by atoms with Crippen LogP contribution in [0.3, 0.4) is 0 Å². The van der Waals surface area contributed by atoms with Gasteiger partial charge in [-0.15, -0.1) is 0 Å². The van der Waals surface area contributed by atoms with Crippen molar-refractivity contribution in [1.29, 1.82) is 0 Å². The zero-order chi connectivity index (χ0) is 10.4. The third kappa shape index (κ3) is 4.40. The van der Waals surface area contributed by atoms with Gasteiger partial charge in [-0.05, 0) is 45.1 Å². The summed E-state index contributed by atoms with van der Waals surface area (Å²) in [4.78, 5) is 0. The summed E-state index contributed by atoms with van der Waals surface area (Å²) in [5, 5.41) is 12.8. The van der Waals surface area contributed by atoms with Gasteiger partial charge in [-0.1, -0.05) is 0 Å². The fourth-order valence-electron chi connectivity index (χ4n) is 2.00. The minimum absolute atomic E-state index is 0.0453. The zero-order valence-corrected chi connectivity index (χ0v) is 9.33. The third-order valence-corrected chi connectivity index (χ3v) is 3.02. The van der Waals surface area contributed by atoms with Crippen molar-refractivity contribution in [2.24, 2.45) is 5.92 Å². The maximum Gasteiger partial charge on any atom is 0.0543 e. The van der Waals surface area contributed by atoms with Crippen LogP contribution in [0.15, 0.2) is 0 Å². The summed E-state index contributed by atoms with van der Waals surface area (Å²) >= 11 is 0. The zero-order valence-electron chi connectivity index (χ0n) is 9.33. The number of aliphatic hydroxyl groups excluding tert-OH is 1. The van der Waals surface area contributed by atoms with E-state index >= 15 is 0 Å². The van der Waals surface area contributed by atoms with Gasteiger partial charge in [0.1, 0.15) is 0 Å². The van der Waals surface area contributed by atoms with Gasteiger partial charge in [0.2, 0.25) is 0 Å². The van der Waals surface area contributed by atoms with Crippen LogP contribution >= 0.6 is 0 Å². The van der Waals surface area contributed by atoms with Gasteiger partial charge in [0.25, 0.3) is 0 Å². The van der Waals surface area contributed by atoms with E-state index in [-0.39, 0.29) is 6.10 Å². The van der Waals surface area contributed by atoms with Crippen molar-refractivity contribution in [1.82, 2.24) is 5.32 Å². The van der Waals surface area contributed by atoms with Gasteiger partial charge in [0.15, 0.2) is 0 Å². The molecule has 3 nitrogen and oxygen atoms in total. The van der Waals surface area contributed by atoms with Gasteiger partial charge in [-0.25, -0.2) is 0 Å². The topological polar surface area (TPSA) is 41.5 Å². The number of hydrogen-bond acceptors (Lipinski definition) is 3. The summed E-state index contributed by atoms with van der Waals surface area (Å²) in [7, 11) is 1.74. The third-order valence-electron chi connectivity index (χ3n) is 3.02. The molecular weight excluding hydrogens is 178 g/mol. The fraction of sp³-hybridized carbons (Fsp3) is 1.00. The molecule has 1 fully saturated rings. The Balaban J connectivity index is 2.02. The van der Waals surface area contributed by atoms with Gasteiger partial charge in [-0.3, -0.25) is 0 Å². The monoisotopic (exact) mass is 201 g/mol. The van der Waals surface area contributed by atoms with Gasteiger partial charge in [0, 0.05) is 19.8 Å². The highest BCUT2D eigenvalue weighted by atomic mass is 16.5. The number of rotatable bonds is 6. The Morgan fingerprint density at radius 1 is 1.50 bits per heavy atom. The normalized spacial score (nSPS) is 29.4. The van der Waals surface area contributed by atoms with Crippen LogP contribution in [0.25, 0.3) is 0 Å². The minimum Gasteiger partial charge on any atom is -0.393 e. The van der Waals surface area contributed by atoms with Gasteiger partial charge < -0.3 is 15.2 Å². The fourth-order valence-corrected chi connectivity index (χ4v) is 2.00. The molecule has 0 aliphatic heterocycles. The van der Waals surface area contributed by atoms with E-state index in [2.05, 4.69) is 12.2 Å². The molecule has 3 unspecified atom stereocenters. The highest BCUT2D eigenvalue weighted by Gasteiger charge is 2.22. The van der Waals surface area contributed by atoms with Crippen molar-refractivity contribution in [3.63, 3.8) is 0 Å². The summed E-state index contributed by atoms with van der Waals surface area (Å²) in [5.74, 6) is 0.676. The SMILES string of the molecule is COCCC(C)NCC1CCC(O)C1. The average molecular weight is 201 g/mol. The van der Waals surface area contributed by atoms with Crippen molar-refractivity contribution >= 4 is 0 Å². The molecule has 1 aliphatic rings. The van der Waals surface area contributed by atoms with Crippen molar-refractivity contribution < 1.29 is 9.84 Å². The molecule has 0 radical (unpaired) electrons. The lowest BCUT2D eigenvalue weighted by Crippen LogP contribution is -2.31. The molecule has 0 bridgehead atoms. The van der Waals surface area contributed by atoms with Gasteiger partial charge in [-0.2, -0.15) is 0 Å². The molecule has 0 saturated heterocycles. The van der Waals surface area contributed by atoms with E-state index in [0.29, 0.717) is 12.0 Å². The summed E-state index contributed by atoms with van der Waals surface area (Å²) in [6, 6.07) is 0.521. The second-order valence-corrected chi connectivity index (χ2v) is 4.42. The standard InChI is InChI=1S/C11H23NO2/c1-9(5-6-14-2)12-8-10-3-4-11(13)7-10/h9-13H,3-8H2,1-2H3. The molecule has 0 spiro atoms. The van der Waals surface area contributed by atoms with E-state index in [1.54, 1.807) is 7.11 Å².